The Bertz CT molecular complexity index is 858. The van der Waals surface area contributed by atoms with Crippen LogP contribution in [-0.4, -0.2) is 29.8 Å². The lowest BCUT2D eigenvalue weighted by Crippen LogP contribution is -2.54. The van der Waals surface area contributed by atoms with Gasteiger partial charge >= 0.3 is 0 Å². The fraction of sp³-hybridized carbons (Fsp3) is 0.250. The molecule has 0 saturated heterocycles. The van der Waals surface area contributed by atoms with Gasteiger partial charge in [-0.1, -0.05) is 35.9 Å². The molecule has 3 amide bonds. The average molecular weight is 406 g/mol. The van der Waals surface area contributed by atoms with Crippen LogP contribution in [0, 0.1) is 5.82 Å². The molecule has 0 unspecified atom stereocenters. The van der Waals surface area contributed by atoms with Crippen molar-refractivity contribution in [2.45, 2.75) is 31.8 Å². The first-order valence-corrected chi connectivity index (χ1v) is 8.98. The fourth-order valence-electron chi connectivity index (χ4n) is 2.71. The monoisotopic (exact) mass is 405 g/mol. The van der Waals surface area contributed by atoms with Gasteiger partial charge in [-0.25, -0.2) is 4.39 Å². The van der Waals surface area contributed by atoms with Crippen molar-refractivity contribution in [3.63, 3.8) is 0 Å². The van der Waals surface area contributed by atoms with Gasteiger partial charge in [0.15, 0.2) is 0 Å². The van der Waals surface area contributed by atoms with E-state index in [0.717, 1.165) is 5.56 Å². The fourth-order valence-corrected chi connectivity index (χ4v) is 2.92. The van der Waals surface area contributed by atoms with E-state index in [2.05, 4.69) is 10.6 Å². The number of primary amides is 1. The van der Waals surface area contributed by atoms with Crippen molar-refractivity contribution in [3.05, 3.63) is 70.5 Å². The molecule has 2 atom stereocenters. The third-order valence-corrected chi connectivity index (χ3v) is 4.27. The second-order valence-electron chi connectivity index (χ2n) is 6.38. The maximum Gasteiger partial charge on any atom is 0.243 e. The molecule has 0 fully saturated rings. The number of nitrogens with one attached hydrogen (secondary N) is 2. The maximum atomic E-state index is 13.1. The second kappa shape index (κ2) is 9.85. The number of hydrogen-bond acceptors (Lipinski definition) is 3. The highest BCUT2D eigenvalue weighted by molar-refractivity contribution is 6.30. The van der Waals surface area contributed by atoms with E-state index < -0.39 is 35.6 Å². The predicted octanol–water partition coefficient (Wildman–Crippen LogP) is 1.74. The summed E-state index contributed by atoms with van der Waals surface area (Å²) in [5.74, 6) is -2.09. The molecule has 0 spiro atoms. The van der Waals surface area contributed by atoms with Crippen LogP contribution in [0.25, 0.3) is 0 Å². The molecule has 4 N–H and O–H groups in total. The SMILES string of the molecule is CC(=O)N[C@H](Cc1ccc(F)cc1)C(=O)N[C@@H](Cc1cccc(Cl)c1)C(N)=O. The molecule has 0 bridgehead atoms. The van der Waals surface area contributed by atoms with E-state index in [1.54, 1.807) is 24.3 Å². The number of halogens is 2. The van der Waals surface area contributed by atoms with Crippen LogP contribution >= 0.6 is 11.6 Å². The molecule has 0 aromatic heterocycles. The van der Waals surface area contributed by atoms with Crippen molar-refractivity contribution in [1.29, 1.82) is 0 Å². The molecule has 0 radical (unpaired) electrons. The maximum absolute atomic E-state index is 13.1. The van der Waals surface area contributed by atoms with Crippen LogP contribution in [0.1, 0.15) is 18.1 Å². The van der Waals surface area contributed by atoms with Crippen molar-refractivity contribution in [1.82, 2.24) is 10.6 Å². The molecule has 0 aliphatic carbocycles. The van der Waals surface area contributed by atoms with E-state index in [9.17, 15) is 18.8 Å². The minimum Gasteiger partial charge on any atom is -0.368 e. The number of carbonyl (C=O) groups excluding carboxylic acids is 3. The van der Waals surface area contributed by atoms with Crippen molar-refractivity contribution in [2.75, 3.05) is 0 Å². The van der Waals surface area contributed by atoms with Gasteiger partial charge in [-0.05, 0) is 35.4 Å². The highest BCUT2D eigenvalue weighted by atomic mass is 35.5. The number of rotatable bonds is 8. The Morgan fingerprint density at radius 1 is 1.00 bits per heavy atom. The normalized spacial score (nSPS) is 12.7. The molecule has 0 heterocycles. The number of benzene rings is 2. The number of carbonyl (C=O) groups is 3. The van der Waals surface area contributed by atoms with Crippen LogP contribution in [0.4, 0.5) is 4.39 Å². The van der Waals surface area contributed by atoms with Crippen molar-refractivity contribution in [3.8, 4) is 0 Å². The Morgan fingerprint density at radius 2 is 1.64 bits per heavy atom. The highest BCUT2D eigenvalue weighted by Gasteiger charge is 2.25. The van der Waals surface area contributed by atoms with Gasteiger partial charge in [0, 0.05) is 24.8 Å². The Balaban J connectivity index is 2.12. The van der Waals surface area contributed by atoms with Gasteiger partial charge in [-0.3, -0.25) is 14.4 Å². The summed E-state index contributed by atoms with van der Waals surface area (Å²) in [5, 5.41) is 5.62. The van der Waals surface area contributed by atoms with E-state index >= 15 is 0 Å². The predicted molar refractivity (Wildman–Crippen MR) is 104 cm³/mol. The number of nitrogens with two attached hydrogens (primary N) is 1. The third-order valence-electron chi connectivity index (χ3n) is 4.04. The van der Waals surface area contributed by atoms with Crippen LogP contribution < -0.4 is 16.4 Å². The van der Waals surface area contributed by atoms with Gasteiger partial charge < -0.3 is 16.4 Å². The standard InChI is InChI=1S/C20H21ClFN3O3/c1-12(26)24-18(10-13-5-7-16(22)8-6-13)20(28)25-17(19(23)27)11-14-3-2-4-15(21)9-14/h2-9,17-18H,10-11H2,1H3,(H2,23,27)(H,24,26)(H,25,28)/t17-,18+/m0/s1. The summed E-state index contributed by atoms with van der Waals surface area (Å²) in [6.07, 6.45) is 0.291. The zero-order valence-electron chi connectivity index (χ0n) is 15.2. The van der Waals surface area contributed by atoms with E-state index in [1.165, 1.54) is 31.2 Å². The molecule has 0 aliphatic rings. The summed E-state index contributed by atoms with van der Waals surface area (Å²) in [4.78, 5) is 36.0. The summed E-state index contributed by atoms with van der Waals surface area (Å²) in [5.41, 5.74) is 6.81. The zero-order chi connectivity index (χ0) is 20.7. The van der Waals surface area contributed by atoms with Crippen LogP contribution in [0.15, 0.2) is 48.5 Å². The molecule has 8 heteroatoms. The molecule has 2 aromatic rings. The smallest absolute Gasteiger partial charge is 0.243 e. The minimum atomic E-state index is -0.976. The van der Waals surface area contributed by atoms with E-state index in [1.807, 2.05) is 0 Å². The van der Waals surface area contributed by atoms with Gasteiger partial charge in [-0.2, -0.15) is 0 Å². The molecule has 0 saturated carbocycles. The molecule has 28 heavy (non-hydrogen) atoms. The van der Waals surface area contributed by atoms with E-state index in [4.69, 9.17) is 17.3 Å². The van der Waals surface area contributed by atoms with Gasteiger partial charge in [0.05, 0.1) is 0 Å². The molecule has 6 nitrogen and oxygen atoms in total. The summed E-state index contributed by atoms with van der Waals surface area (Å²) in [7, 11) is 0. The molecule has 2 aromatic carbocycles. The van der Waals surface area contributed by atoms with Crippen LogP contribution in [-0.2, 0) is 27.2 Å². The van der Waals surface area contributed by atoms with Crippen LogP contribution in [0.3, 0.4) is 0 Å². The minimum absolute atomic E-state index is 0.133. The largest absolute Gasteiger partial charge is 0.368 e. The highest BCUT2D eigenvalue weighted by Crippen LogP contribution is 2.13. The number of amides is 3. The lowest BCUT2D eigenvalue weighted by atomic mass is 10.0. The summed E-state index contributed by atoms with van der Waals surface area (Å²) in [6.45, 7) is 1.28. The lowest BCUT2D eigenvalue weighted by molar-refractivity contribution is -0.130. The Labute approximate surface area is 167 Å². The average Bonchev–Trinajstić information content (AvgIpc) is 2.62. The Kier molecular flexibility index (Phi) is 7.52. The first kappa shape index (κ1) is 21.4. The number of hydrogen-bond donors (Lipinski definition) is 3. The van der Waals surface area contributed by atoms with Crippen molar-refractivity contribution >= 4 is 29.3 Å². The zero-order valence-corrected chi connectivity index (χ0v) is 16.0. The Morgan fingerprint density at radius 3 is 2.21 bits per heavy atom. The first-order chi connectivity index (χ1) is 13.2. The molecular weight excluding hydrogens is 385 g/mol. The Hall–Kier alpha value is -2.93. The van der Waals surface area contributed by atoms with Crippen LogP contribution in [0.5, 0.6) is 0 Å². The molecule has 148 valence electrons. The topological polar surface area (TPSA) is 101 Å². The summed E-state index contributed by atoms with van der Waals surface area (Å²) < 4.78 is 13.1. The molecular formula is C20H21ClFN3O3. The molecule has 2 rings (SSSR count). The third kappa shape index (κ3) is 6.66. The van der Waals surface area contributed by atoms with Gasteiger partial charge in [0.1, 0.15) is 17.9 Å². The van der Waals surface area contributed by atoms with Crippen molar-refractivity contribution < 1.29 is 18.8 Å². The van der Waals surface area contributed by atoms with Gasteiger partial charge in [0.2, 0.25) is 17.7 Å². The summed E-state index contributed by atoms with van der Waals surface area (Å²) in [6, 6.07) is 10.5. The molecule has 0 aliphatic heterocycles. The lowest BCUT2D eigenvalue weighted by Gasteiger charge is -2.22. The quantitative estimate of drug-likeness (QED) is 0.623. The van der Waals surface area contributed by atoms with Gasteiger partial charge in [-0.15, -0.1) is 0 Å². The van der Waals surface area contributed by atoms with E-state index in [-0.39, 0.29) is 12.8 Å². The second-order valence-corrected chi connectivity index (χ2v) is 6.82. The van der Waals surface area contributed by atoms with Crippen LogP contribution in [0.2, 0.25) is 5.02 Å². The van der Waals surface area contributed by atoms with Gasteiger partial charge in [0.25, 0.3) is 0 Å². The first-order valence-electron chi connectivity index (χ1n) is 8.60. The van der Waals surface area contributed by atoms with E-state index in [0.29, 0.717) is 10.6 Å². The van der Waals surface area contributed by atoms with Crippen molar-refractivity contribution in [2.24, 2.45) is 5.73 Å². The summed E-state index contributed by atoms with van der Waals surface area (Å²) >= 11 is 5.95.